The third-order valence-corrected chi connectivity index (χ3v) is 4.34. The molecule has 2 aromatic rings. The Morgan fingerprint density at radius 2 is 1.74 bits per heavy atom. The molecule has 0 heterocycles. The van der Waals surface area contributed by atoms with E-state index >= 15 is 0 Å². The standard InChI is InChI=1S/C16H17NO5S/c1-21-11-8-9-14(22-2)12(10-11)16(18)17-13-6-4-5-7-15(13)23(3,19)20/h4-10H,1-3H3,(H,17,18). The predicted molar refractivity (Wildman–Crippen MR) is 87.1 cm³/mol. The van der Waals surface area contributed by atoms with E-state index in [9.17, 15) is 13.2 Å². The lowest BCUT2D eigenvalue weighted by atomic mass is 10.1. The van der Waals surface area contributed by atoms with Crippen LogP contribution in [0.1, 0.15) is 10.4 Å². The van der Waals surface area contributed by atoms with Gasteiger partial charge >= 0.3 is 0 Å². The molecule has 0 aliphatic rings. The Bertz CT molecular complexity index is 830. The van der Waals surface area contributed by atoms with Crippen LogP contribution in [-0.4, -0.2) is 34.8 Å². The highest BCUT2D eigenvalue weighted by Crippen LogP contribution is 2.26. The molecule has 2 rings (SSSR count). The van der Waals surface area contributed by atoms with Crippen molar-refractivity contribution in [3.05, 3.63) is 48.0 Å². The van der Waals surface area contributed by atoms with Crippen LogP contribution < -0.4 is 14.8 Å². The first kappa shape index (κ1) is 16.8. The average Bonchev–Trinajstić information content (AvgIpc) is 2.53. The van der Waals surface area contributed by atoms with Crippen LogP contribution in [-0.2, 0) is 9.84 Å². The maximum absolute atomic E-state index is 12.5. The van der Waals surface area contributed by atoms with Crippen molar-refractivity contribution < 1.29 is 22.7 Å². The van der Waals surface area contributed by atoms with Crippen molar-refractivity contribution in [1.29, 1.82) is 0 Å². The van der Waals surface area contributed by atoms with Gasteiger partial charge in [0.25, 0.3) is 5.91 Å². The summed E-state index contributed by atoms with van der Waals surface area (Å²) in [7, 11) is -0.524. The molecule has 0 saturated heterocycles. The second-order valence-corrected chi connectivity index (χ2v) is 6.77. The summed E-state index contributed by atoms with van der Waals surface area (Å²) in [4.78, 5) is 12.6. The van der Waals surface area contributed by atoms with E-state index < -0.39 is 15.7 Å². The highest BCUT2D eigenvalue weighted by atomic mass is 32.2. The van der Waals surface area contributed by atoms with Crippen molar-refractivity contribution in [2.75, 3.05) is 25.8 Å². The van der Waals surface area contributed by atoms with E-state index in [2.05, 4.69) is 5.32 Å². The molecule has 0 saturated carbocycles. The lowest BCUT2D eigenvalue weighted by Gasteiger charge is -2.12. The Kier molecular flexibility index (Phi) is 4.90. The molecular weight excluding hydrogens is 318 g/mol. The molecule has 0 radical (unpaired) electrons. The van der Waals surface area contributed by atoms with Gasteiger partial charge in [0.2, 0.25) is 0 Å². The molecule has 0 spiro atoms. The molecule has 6 nitrogen and oxygen atoms in total. The lowest BCUT2D eigenvalue weighted by Crippen LogP contribution is -2.15. The fourth-order valence-corrected chi connectivity index (χ4v) is 2.92. The Morgan fingerprint density at radius 3 is 2.35 bits per heavy atom. The van der Waals surface area contributed by atoms with E-state index in [1.165, 1.54) is 32.4 Å². The Hall–Kier alpha value is -2.54. The van der Waals surface area contributed by atoms with Gasteiger partial charge in [0.05, 0.1) is 30.4 Å². The van der Waals surface area contributed by atoms with Crippen molar-refractivity contribution in [3.8, 4) is 11.5 Å². The number of methoxy groups -OCH3 is 2. The van der Waals surface area contributed by atoms with Gasteiger partial charge in [-0.3, -0.25) is 4.79 Å². The molecule has 23 heavy (non-hydrogen) atoms. The minimum atomic E-state index is -3.46. The van der Waals surface area contributed by atoms with Crippen molar-refractivity contribution in [2.45, 2.75) is 4.90 Å². The first-order valence-electron chi connectivity index (χ1n) is 6.69. The molecule has 0 aliphatic heterocycles. The third-order valence-electron chi connectivity index (χ3n) is 3.19. The van der Waals surface area contributed by atoms with Crippen molar-refractivity contribution >= 4 is 21.4 Å². The number of para-hydroxylation sites is 1. The molecular formula is C16H17NO5S. The largest absolute Gasteiger partial charge is 0.497 e. The summed E-state index contributed by atoms with van der Waals surface area (Å²) in [6.07, 6.45) is 1.09. The SMILES string of the molecule is COc1ccc(OC)c(C(=O)Nc2ccccc2S(C)(=O)=O)c1. The molecule has 2 aromatic carbocycles. The van der Waals surface area contributed by atoms with Gasteiger partial charge < -0.3 is 14.8 Å². The molecule has 0 aromatic heterocycles. The monoisotopic (exact) mass is 335 g/mol. The molecule has 1 amide bonds. The fourth-order valence-electron chi connectivity index (χ4n) is 2.07. The number of carbonyl (C=O) groups is 1. The predicted octanol–water partition coefficient (Wildman–Crippen LogP) is 2.36. The number of hydrogen-bond donors (Lipinski definition) is 1. The lowest BCUT2D eigenvalue weighted by molar-refractivity contribution is 0.102. The third kappa shape index (κ3) is 3.81. The van der Waals surface area contributed by atoms with E-state index in [4.69, 9.17) is 9.47 Å². The van der Waals surface area contributed by atoms with Gasteiger partial charge in [-0.15, -0.1) is 0 Å². The number of amides is 1. The van der Waals surface area contributed by atoms with Gasteiger partial charge in [0, 0.05) is 6.26 Å². The number of carbonyl (C=O) groups excluding carboxylic acids is 1. The Morgan fingerprint density at radius 1 is 1.04 bits per heavy atom. The topological polar surface area (TPSA) is 81.7 Å². The number of rotatable bonds is 5. The van der Waals surface area contributed by atoms with Crippen LogP contribution in [0.4, 0.5) is 5.69 Å². The summed E-state index contributed by atoms with van der Waals surface area (Å²) in [5.74, 6) is 0.365. The molecule has 122 valence electrons. The second-order valence-electron chi connectivity index (χ2n) is 4.79. The maximum Gasteiger partial charge on any atom is 0.259 e. The number of nitrogens with one attached hydrogen (secondary N) is 1. The molecule has 0 atom stereocenters. The van der Waals surface area contributed by atoms with E-state index in [0.29, 0.717) is 11.5 Å². The highest BCUT2D eigenvalue weighted by molar-refractivity contribution is 7.90. The average molecular weight is 335 g/mol. The van der Waals surface area contributed by atoms with E-state index in [-0.39, 0.29) is 16.1 Å². The van der Waals surface area contributed by atoms with Crippen LogP contribution in [0.3, 0.4) is 0 Å². The van der Waals surface area contributed by atoms with Crippen LogP contribution in [0.2, 0.25) is 0 Å². The number of hydrogen-bond acceptors (Lipinski definition) is 5. The number of ether oxygens (including phenoxy) is 2. The molecule has 0 unspecified atom stereocenters. The highest BCUT2D eigenvalue weighted by Gasteiger charge is 2.18. The van der Waals surface area contributed by atoms with Crippen LogP contribution in [0.5, 0.6) is 11.5 Å². The summed E-state index contributed by atoms with van der Waals surface area (Å²) in [5, 5.41) is 2.61. The van der Waals surface area contributed by atoms with Crippen LogP contribution in [0.15, 0.2) is 47.4 Å². The van der Waals surface area contributed by atoms with Gasteiger partial charge in [-0.05, 0) is 30.3 Å². The summed E-state index contributed by atoms with van der Waals surface area (Å²) in [6, 6.07) is 11.0. The van der Waals surface area contributed by atoms with Gasteiger partial charge in [0.1, 0.15) is 11.5 Å². The first-order chi connectivity index (χ1) is 10.9. The molecule has 7 heteroatoms. The van der Waals surface area contributed by atoms with E-state index in [1.807, 2.05) is 0 Å². The zero-order valence-corrected chi connectivity index (χ0v) is 13.8. The molecule has 0 fully saturated rings. The number of benzene rings is 2. The smallest absolute Gasteiger partial charge is 0.259 e. The fraction of sp³-hybridized carbons (Fsp3) is 0.188. The normalized spacial score (nSPS) is 10.9. The Labute approximate surface area is 135 Å². The number of sulfone groups is 1. The van der Waals surface area contributed by atoms with Gasteiger partial charge in [-0.25, -0.2) is 8.42 Å². The van der Waals surface area contributed by atoms with Gasteiger partial charge in [-0.1, -0.05) is 12.1 Å². The van der Waals surface area contributed by atoms with Crippen molar-refractivity contribution in [1.82, 2.24) is 0 Å². The molecule has 0 aliphatic carbocycles. The summed E-state index contributed by atoms with van der Waals surface area (Å²) in [5.41, 5.74) is 0.458. The second kappa shape index (κ2) is 6.70. The zero-order valence-electron chi connectivity index (χ0n) is 13.0. The van der Waals surface area contributed by atoms with E-state index in [1.54, 1.807) is 24.3 Å². The molecule has 0 bridgehead atoms. The van der Waals surface area contributed by atoms with Crippen LogP contribution >= 0.6 is 0 Å². The minimum Gasteiger partial charge on any atom is -0.497 e. The summed E-state index contributed by atoms with van der Waals surface area (Å²) in [6.45, 7) is 0. The van der Waals surface area contributed by atoms with Crippen molar-refractivity contribution in [2.24, 2.45) is 0 Å². The summed E-state index contributed by atoms with van der Waals surface area (Å²) >= 11 is 0. The van der Waals surface area contributed by atoms with Crippen molar-refractivity contribution in [3.63, 3.8) is 0 Å². The number of anilines is 1. The van der Waals surface area contributed by atoms with E-state index in [0.717, 1.165) is 6.26 Å². The maximum atomic E-state index is 12.5. The zero-order chi connectivity index (χ0) is 17.0. The quantitative estimate of drug-likeness (QED) is 0.907. The van der Waals surface area contributed by atoms with Gasteiger partial charge in [0.15, 0.2) is 9.84 Å². The van der Waals surface area contributed by atoms with Gasteiger partial charge in [-0.2, -0.15) is 0 Å². The Balaban J connectivity index is 2.41. The van der Waals surface area contributed by atoms with Crippen LogP contribution in [0.25, 0.3) is 0 Å². The molecule has 1 N–H and O–H groups in total. The summed E-state index contributed by atoms with van der Waals surface area (Å²) < 4.78 is 33.9. The first-order valence-corrected chi connectivity index (χ1v) is 8.58. The van der Waals surface area contributed by atoms with Crippen LogP contribution in [0, 0.1) is 0 Å². The minimum absolute atomic E-state index is 0.0511.